The molecule has 1 amide bonds. The molecule has 6 nitrogen and oxygen atoms in total. The van der Waals surface area contributed by atoms with E-state index in [1.165, 1.54) is 7.11 Å². The number of rotatable bonds is 3. The van der Waals surface area contributed by atoms with Gasteiger partial charge in [0.15, 0.2) is 0 Å². The second-order valence-electron chi connectivity index (χ2n) is 4.90. The smallest absolute Gasteiger partial charge is 0.407 e. The molecule has 1 N–H and O–H groups in total. The lowest BCUT2D eigenvalue weighted by Crippen LogP contribution is -2.26. The third-order valence-corrected chi connectivity index (χ3v) is 3.58. The average Bonchev–Trinajstić information content (AvgIpc) is 3.14. The van der Waals surface area contributed by atoms with E-state index in [1.54, 1.807) is 6.07 Å². The molecule has 0 saturated heterocycles. The fourth-order valence-electron chi connectivity index (χ4n) is 2.55. The molecule has 8 heteroatoms. The van der Waals surface area contributed by atoms with Crippen LogP contribution in [-0.4, -0.2) is 23.3 Å². The van der Waals surface area contributed by atoms with Crippen LogP contribution in [0.3, 0.4) is 0 Å². The third kappa shape index (κ3) is 2.63. The van der Waals surface area contributed by atoms with E-state index < -0.39 is 18.4 Å². The van der Waals surface area contributed by atoms with Crippen molar-refractivity contribution < 1.29 is 22.8 Å². The fraction of sp³-hybridized carbons (Fsp3) is 0.357. The van der Waals surface area contributed by atoms with Crippen LogP contribution in [0.2, 0.25) is 0 Å². The number of amides is 1. The van der Waals surface area contributed by atoms with Crippen LogP contribution in [0.5, 0.6) is 0 Å². The maximum atomic E-state index is 12.5. The highest BCUT2D eigenvalue weighted by Crippen LogP contribution is 2.34. The number of benzene rings is 1. The molecule has 0 unspecified atom stereocenters. The van der Waals surface area contributed by atoms with Crippen LogP contribution in [-0.2, 0) is 11.2 Å². The standard InChI is InChI=1S/C14H13F2N3O3/c1-21-14(20)17-10-5-3-7-6-8(2-4-9(7)10)12-18-13(11(15)16)22-19-12/h2,4,6,10-11H,3,5H2,1H3,(H,17,20)/t10-/m1/s1. The number of aryl methyl sites for hydroxylation is 1. The molecule has 116 valence electrons. The summed E-state index contributed by atoms with van der Waals surface area (Å²) in [6, 6.07) is 5.26. The first kappa shape index (κ1) is 14.4. The van der Waals surface area contributed by atoms with E-state index in [2.05, 4.69) is 24.7 Å². The molecule has 1 aromatic heterocycles. The number of hydrogen-bond donors (Lipinski definition) is 1. The van der Waals surface area contributed by atoms with E-state index in [0.717, 1.165) is 24.0 Å². The molecule has 1 atom stereocenters. The number of fused-ring (bicyclic) bond motifs is 1. The molecule has 1 aliphatic rings. The van der Waals surface area contributed by atoms with Gasteiger partial charge in [-0.05, 0) is 30.0 Å². The number of alkyl halides is 2. The number of ether oxygens (including phenoxy) is 1. The summed E-state index contributed by atoms with van der Waals surface area (Å²) in [5.41, 5.74) is 2.60. The Labute approximate surface area is 124 Å². The summed E-state index contributed by atoms with van der Waals surface area (Å²) < 4.78 is 34.0. The minimum Gasteiger partial charge on any atom is -0.453 e. The summed E-state index contributed by atoms with van der Waals surface area (Å²) in [7, 11) is 1.31. The number of carbonyl (C=O) groups is 1. The van der Waals surface area contributed by atoms with Crippen molar-refractivity contribution in [3.05, 3.63) is 35.2 Å². The molecule has 1 aliphatic carbocycles. The van der Waals surface area contributed by atoms with Crippen LogP contribution in [0.25, 0.3) is 11.4 Å². The minimum absolute atomic E-state index is 0.113. The second-order valence-corrected chi connectivity index (χ2v) is 4.90. The Morgan fingerprint density at radius 2 is 2.32 bits per heavy atom. The van der Waals surface area contributed by atoms with Crippen molar-refractivity contribution in [3.63, 3.8) is 0 Å². The monoisotopic (exact) mass is 309 g/mol. The highest BCUT2D eigenvalue weighted by atomic mass is 19.3. The first-order chi connectivity index (χ1) is 10.6. The predicted octanol–water partition coefficient (Wildman–Crippen LogP) is 3.02. The Balaban J connectivity index is 1.84. The first-order valence-corrected chi connectivity index (χ1v) is 6.68. The highest BCUT2D eigenvalue weighted by molar-refractivity contribution is 5.68. The lowest BCUT2D eigenvalue weighted by molar-refractivity contribution is 0.106. The fourth-order valence-corrected chi connectivity index (χ4v) is 2.55. The van der Waals surface area contributed by atoms with Crippen LogP contribution in [0.4, 0.5) is 13.6 Å². The molecule has 1 aromatic carbocycles. The zero-order chi connectivity index (χ0) is 15.7. The zero-order valence-corrected chi connectivity index (χ0v) is 11.7. The number of aromatic nitrogens is 2. The Kier molecular flexibility index (Phi) is 3.74. The van der Waals surface area contributed by atoms with Gasteiger partial charge in [0, 0.05) is 5.56 Å². The van der Waals surface area contributed by atoms with Gasteiger partial charge >= 0.3 is 12.5 Å². The molecule has 0 radical (unpaired) electrons. The molecule has 0 bridgehead atoms. The van der Waals surface area contributed by atoms with Crippen molar-refractivity contribution in [3.8, 4) is 11.4 Å². The van der Waals surface area contributed by atoms with Crippen LogP contribution in [0.15, 0.2) is 22.7 Å². The van der Waals surface area contributed by atoms with Crippen LogP contribution >= 0.6 is 0 Å². The van der Waals surface area contributed by atoms with Gasteiger partial charge in [0.25, 0.3) is 5.89 Å². The molecular weight excluding hydrogens is 296 g/mol. The van der Waals surface area contributed by atoms with Gasteiger partial charge in [-0.15, -0.1) is 0 Å². The van der Waals surface area contributed by atoms with Gasteiger partial charge in [-0.25, -0.2) is 4.79 Å². The molecule has 0 spiro atoms. The lowest BCUT2D eigenvalue weighted by Gasteiger charge is -2.13. The average molecular weight is 309 g/mol. The minimum atomic E-state index is -2.79. The van der Waals surface area contributed by atoms with Crippen molar-refractivity contribution in [1.29, 1.82) is 0 Å². The van der Waals surface area contributed by atoms with Crippen molar-refractivity contribution in [2.45, 2.75) is 25.3 Å². The normalized spacial score (nSPS) is 16.6. The Morgan fingerprint density at radius 1 is 1.50 bits per heavy atom. The number of nitrogens with one attached hydrogen (secondary N) is 1. The van der Waals surface area contributed by atoms with Gasteiger partial charge in [-0.3, -0.25) is 0 Å². The van der Waals surface area contributed by atoms with Gasteiger partial charge in [0.1, 0.15) is 0 Å². The molecule has 0 saturated carbocycles. The SMILES string of the molecule is COC(=O)N[C@@H]1CCc2cc(-c3noc(C(F)F)n3)ccc21. The summed E-state index contributed by atoms with van der Waals surface area (Å²) in [6.07, 6.45) is -1.76. The van der Waals surface area contributed by atoms with E-state index >= 15 is 0 Å². The van der Waals surface area contributed by atoms with Crippen LogP contribution in [0.1, 0.15) is 35.9 Å². The molecule has 22 heavy (non-hydrogen) atoms. The third-order valence-electron chi connectivity index (χ3n) is 3.58. The molecular formula is C14H13F2N3O3. The summed E-state index contributed by atoms with van der Waals surface area (Å²) in [4.78, 5) is 15.0. The van der Waals surface area contributed by atoms with E-state index in [-0.39, 0.29) is 11.9 Å². The number of methoxy groups -OCH3 is 1. The Bertz CT molecular complexity index is 702. The lowest BCUT2D eigenvalue weighted by atomic mass is 10.0. The van der Waals surface area contributed by atoms with E-state index in [1.807, 2.05) is 12.1 Å². The van der Waals surface area contributed by atoms with Crippen molar-refractivity contribution in [2.24, 2.45) is 0 Å². The number of halogens is 2. The number of alkyl carbamates (subject to hydrolysis) is 1. The number of nitrogens with zero attached hydrogens (tertiary/aromatic N) is 2. The predicted molar refractivity (Wildman–Crippen MR) is 71.3 cm³/mol. The maximum Gasteiger partial charge on any atom is 0.407 e. The maximum absolute atomic E-state index is 12.5. The zero-order valence-electron chi connectivity index (χ0n) is 11.7. The van der Waals surface area contributed by atoms with Gasteiger partial charge in [0.05, 0.1) is 13.2 Å². The number of hydrogen-bond acceptors (Lipinski definition) is 5. The summed E-state index contributed by atoms with van der Waals surface area (Å²) in [5.74, 6) is -0.566. The molecule has 3 rings (SSSR count). The molecule has 0 aliphatic heterocycles. The molecule has 2 aromatic rings. The highest BCUT2D eigenvalue weighted by Gasteiger charge is 2.25. The van der Waals surface area contributed by atoms with Crippen LogP contribution in [0, 0.1) is 0 Å². The molecule has 0 fully saturated rings. The van der Waals surface area contributed by atoms with Crippen molar-refractivity contribution in [2.75, 3.05) is 7.11 Å². The van der Waals surface area contributed by atoms with Gasteiger partial charge in [-0.1, -0.05) is 17.3 Å². The summed E-state index contributed by atoms with van der Waals surface area (Å²) in [6.45, 7) is 0. The molecule has 1 heterocycles. The second kappa shape index (κ2) is 5.70. The Hall–Kier alpha value is -2.51. The quantitative estimate of drug-likeness (QED) is 0.943. The Morgan fingerprint density at radius 3 is 3.00 bits per heavy atom. The first-order valence-electron chi connectivity index (χ1n) is 6.68. The van der Waals surface area contributed by atoms with E-state index in [9.17, 15) is 13.6 Å². The largest absolute Gasteiger partial charge is 0.453 e. The van der Waals surface area contributed by atoms with Gasteiger partial charge in [-0.2, -0.15) is 13.8 Å². The van der Waals surface area contributed by atoms with E-state index in [4.69, 9.17) is 0 Å². The van der Waals surface area contributed by atoms with Crippen molar-refractivity contribution >= 4 is 6.09 Å². The topological polar surface area (TPSA) is 77.2 Å². The summed E-state index contributed by atoms with van der Waals surface area (Å²) in [5, 5.41) is 6.31. The van der Waals surface area contributed by atoms with Gasteiger partial charge < -0.3 is 14.6 Å². The van der Waals surface area contributed by atoms with Gasteiger partial charge in [0.2, 0.25) is 5.82 Å². The summed E-state index contributed by atoms with van der Waals surface area (Å²) >= 11 is 0. The van der Waals surface area contributed by atoms with E-state index in [0.29, 0.717) is 5.56 Å². The van der Waals surface area contributed by atoms with Crippen LogP contribution < -0.4 is 5.32 Å². The van der Waals surface area contributed by atoms with Crippen molar-refractivity contribution in [1.82, 2.24) is 15.5 Å². The number of carbonyl (C=O) groups excluding carboxylic acids is 1.